The molecule has 6 heteroatoms. The molecule has 0 saturated carbocycles. The number of rotatable bonds is 4. The van der Waals surface area contributed by atoms with E-state index < -0.39 is 6.03 Å². The molecule has 1 saturated heterocycles. The fraction of sp³-hybridized carbons (Fsp3) is 0.800. The van der Waals surface area contributed by atoms with Gasteiger partial charge in [0.1, 0.15) is 0 Å². The Morgan fingerprint density at radius 3 is 2.75 bits per heavy atom. The van der Waals surface area contributed by atoms with Gasteiger partial charge in [0.2, 0.25) is 5.91 Å². The Morgan fingerprint density at radius 2 is 2.25 bits per heavy atom. The smallest absolute Gasteiger partial charge is 0.321 e. The van der Waals surface area contributed by atoms with E-state index in [0.717, 1.165) is 26.1 Å². The molecule has 92 valence electrons. The number of urea groups is 1. The minimum absolute atomic E-state index is 0.256. The van der Waals surface area contributed by atoms with Crippen molar-refractivity contribution in [3.8, 4) is 0 Å². The van der Waals surface area contributed by atoms with Crippen molar-refractivity contribution < 1.29 is 9.59 Å². The van der Waals surface area contributed by atoms with Crippen LogP contribution in [-0.2, 0) is 4.79 Å². The highest BCUT2D eigenvalue weighted by Crippen LogP contribution is 2.07. The maximum atomic E-state index is 11.5. The predicted octanol–water partition coefficient (Wildman–Crippen LogP) is -0.874. The number of amides is 3. The number of hydrogen-bond acceptors (Lipinski definition) is 4. The molecule has 0 aromatic carbocycles. The molecule has 1 aliphatic rings. The summed E-state index contributed by atoms with van der Waals surface area (Å²) in [7, 11) is 1.49. The third-order valence-electron chi connectivity index (χ3n) is 2.78. The van der Waals surface area contributed by atoms with E-state index in [0.29, 0.717) is 6.04 Å². The second kappa shape index (κ2) is 6.44. The average molecular weight is 228 g/mol. The van der Waals surface area contributed by atoms with Crippen LogP contribution in [0.25, 0.3) is 0 Å². The third kappa shape index (κ3) is 3.79. The van der Waals surface area contributed by atoms with Crippen molar-refractivity contribution in [3.05, 3.63) is 0 Å². The van der Waals surface area contributed by atoms with Crippen LogP contribution >= 0.6 is 0 Å². The van der Waals surface area contributed by atoms with E-state index in [-0.39, 0.29) is 12.5 Å². The summed E-state index contributed by atoms with van der Waals surface area (Å²) in [6.45, 7) is 5.02. The number of imide groups is 1. The molecule has 1 heterocycles. The Bertz CT molecular complexity index is 251. The summed E-state index contributed by atoms with van der Waals surface area (Å²) in [5, 5.41) is 7.88. The fourth-order valence-corrected chi connectivity index (χ4v) is 1.86. The molecule has 1 fully saturated rings. The molecule has 6 nitrogen and oxygen atoms in total. The Labute approximate surface area is 95.8 Å². The van der Waals surface area contributed by atoms with Gasteiger partial charge in [-0.05, 0) is 19.5 Å². The van der Waals surface area contributed by atoms with E-state index in [2.05, 4.69) is 20.9 Å². The van der Waals surface area contributed by atoms with E-state index in [4.69, 9.17) is 0 Å². The van der Waals surface area contributed by atoms with E-state index in [1.54, 1.807) is 0 Å². The van der Waals surface area contributed by atoms with E-state index in [1.165, 1.54) is 7.05 Å². The maximum Gasteiger partial charge on any atom is 0.321 e. The summed E-state index contributed by atoms with van der Waals surface area (Å²) in [4.78, 5) is 24.5. The molecule has 1 rings (SSSR count). The largest absolute Gasteiger partial charge is 0.341 e. The molecule has 0 aliphatic carbocycles. The Kier molecular flexibility index (Phi) is 5.21. The lowest BCUT2D eigenvalue weighted by atomic mass is 10.2. The van der Waals surface area contributed by atoms with Crippen molar-refractivity contribution in [3.63, 3.8) is 0 Å². The minimum atomic E-state index is -0.453. The second-order valence-corrected chi connectivity index (χ2v) is 3.84. The number of carbonyl (C=O) groups is 2. The zero-order valence-electron chi connectivity index (χ0n) is 9.88. The van der Waals surface area contributed by atoms with Crippen LogP contribution in [0.2, 0.25) is 0 Å². The molecule has 0 spiro atoms. The first-order chi connectivity index (χ1) is 7.67. The second-order valence-electron chi connectivity index (χ2n) is 3.84. The van der Waals surface area contributed by atoms with E-state index in [1.807, 2.05) is 6.92 Å². The number of carbonyl (C=O) groups excluding carboxylic acids is 2. The predicted molar refractivity (Wildman–Crippen MR) is 61.1 cm³/mol. The van der Waals surface area contributed by atoms with Gasteiger partial charge in [-0.25, -0.2) is 4.79 Å². The first-order valence-electron chi connectivity index (χ1n) is 5.63. The van der Waals surface area contributed by atoms with Gasteiger partial charge in [0, 0.05) is 19.6 Å². The van der Waals surface area contributed by atoms with Gasteiger partial charge in [-0.15, -0.1) is 0 Å². The van der Waals surface area contributed by atoms with Crippen LogP contribution < -0.4 is 16.0 Å². The topological polar surface area (TPSA) is 73.5 Å². The zero-order valence-corrected chi connectivity index (χ0v) is 9.88. The van der Waals surface area contributed by atoms with Gasteiger partial charge in [0.15, 0.2) is 0 Å². The van der Waals surface area contributed by atoms with Gasteiger partial charge in [0.05, 0.1) is 6.54 Å². The van der Waals surface area contributed by atoms with Gasteiger partial charge in [0.25, 0.3) is 0 Å². The molecule has 3 amide bonds. The van der Waals surface area contributed by atoms with Gasteiger partial charge >= 0.3 is 6.03 Å². The molecule has 0 aromatic rings. The summed E-state index contributed by atoms with van der Waals surface area (Å²) in [6, 6.07) is -0.0500. The van der Waals surface area contributed by atoms with Crippen molar-refractivity contribution in [2.45, 2.75) is 19.4 Å². The van der Waals surface area contributed by atoms with Crippen LogP contribution in [0.15, 0.2) is 0 Å². The molecule has 1 unspecified atom stereocenters. The van der Waals surface area contributed by atoms with Crippen molar-refractivity contribution in [2.75, 3.05) is 33.2 Å². The normalized spacial score (nSPS) is 19.8. The first-order valence-corrected chi connectivity index (χ1v) is 5.63. The number of nitrogens with zero attached hydrogens (tertiary/aromatic N) is 1. The van der Waals surface area contributed by atoms with Gasteiger partial charge in [-0.2, -0.15) is 0 Å². The third-order valence-corrected chi connectivity index (χ3v) is 2.78. The minimum Gasteiger partial charge on any atom is -0.341 e. The molecule has 16 heavy (non-hydrogen) atoms. The highest BCUT2D eigenvalue weighted by molar-refractivity contribution is 5.95. The lowest BCUT2D eigenvalue weighted by Gasteiger charge is -2.25. The average Bonchev–Trinajstić information content (AvgIpc) is 2.79. The number of hydrogen-bond donors (Lipinski definition) is 3. The van der Waals surface area contributed by atoms with Crippen LogP contribution in [0.3, 0.4) is 0 Å². The van der Waals surface area contributed by atoms with Crippen LogP contribution in [0.1, 0.15) is 13.3 Å². The molecular weight excluding hydrogens is 208 g/mol. The van der Waals surface area contributed by atoms with Gasteiger partial charge in [-0.3, -0.25) is 15.0 Å². The summed E-state index contributed by atoms with van der Waals surface area (Å²) < 4.78 is 0. The Balaban J connectivity index is 2.37. The fourth-order valence-electron chi connectivity index (χ4n) is 1.86. The Morgan fingerprint density at radius 1 is 1.50 bits per heavy atom. The first kappa shape index (κ1) is 12.9. The van der Waals surface area contributed by atoms with Gasteiger partial charge < -0.3 is 10.6 Å². The summed E-state index contributed by atoms with van der Waals surface area (Å²) in [5.41, 5.74) is 0. The van der Waals surface area contributed by atoms with Crippen LogP contribution in [0.5, 0.6) is 0 Å². The van der Waals surface area contributed by atoms with Gasteiger partial charge in [-0.1, -0.05) is 6.92 Å². The Hall–Kier alpha value is -1.14. The van der Waals surface area contributed by atoms with Crippen LogP contribution in [0, 0.1) is 0 Å². The lowest BCUT2D eigenvalue weighted by molar-refractivity contribution is -0.121. The number of likely N-dealkylation sites (N-methyl/N-ethyl adjacent to an activating group) is 1. The highest BCUT2D eigenvalue weighted by atomic mass is 16.2. The molecule has 3 N–H and O–H groups in total. The SMILES string of the molecule is CCN(CC(=O)NC(=O)NC)C1CCNC1. The summed E-state index contributed by atoms with van der Waals surface area (Å²) >= 11 is 0. The summed E-state index contributed by atoms with van der Waals surface area (Å²) in [5.74, 6) is -0.256. The molecule has 1 atom stereocenters. The standard InChI is InChI=1S/C10H20N4O2/c1-3-14(8-4-5-12-6-8)7-9(15)13-10(16)11-2/h8,12H,3-7H2,1-2H3,(H2,11,13,15,16). The molecular formula is C10H20N4O2. The highest BCUT2D eigenvalue weighted by Gasteiger charge is 2.23. The molecule has 1 aliphatic heterocycles. The van der Waals surface area contributed by atoms with Crippen LogP contribution in [0.4, 0.5) is 4.79 Å². The van der Waals surface area contributed by atoms with E-state index >= 15 is 0 Å². The van der Waals surface area contributed by atoms with Crippen molar-refractivity contribution in [1.82, 2.24) is 20.9 Å². The monoisotopic (exact) mass is 228 g/mol. The van der Waals surface area contributed by atoms with Crippen molar-refractivity contribution >= 4 is 11.9 Å². The van der Waals surface area contributed by atoms with Crippen molar-refractivity contribution in [2.24, 2.45) is 0 Å². The van der Waals surface area contributed by atoms with Crippen LogP contribution in [-0.4, -0.2) is 56.1 Å². The zero-order chi connectivity index (χ0) is 12.0. The maximum absolute atomic E-state index is 11.5. The van der Waals surface area contributed by atoms with Crippen molar-refractivity contribution in [1.29, 1.82) is 0 Å². The number of nitrogens with one attached hydrogen (secondary N) is 3. The molecule has 0 radical (unpaired) electrons. The molecule has 0 aromatic heterocycles. The lowest BCUT2D eigenvalue weighted by Crippen LogP contribution is -2.47. The molecule has 0 bridgehead atoms. The summed E-state index contributed by atoms with van der Waals surface area (Å²) in [6.07, 6.45) is 1.06. The van der Waals surface area contributed by atoms with E-state index in [9.17, 15) is 9.59 Å². The quantitative estimate of drug-likeness (QED) is 0.584.